The summed E-state index contributed by atoms with van der Waals surface area (Å²) < 4.78 is 23.3. The second-order valence-corrected chi connectivity index (χ2v) is 21.7. The number of phosphoric ester groups is 1. The number of quaternary nitrogens is 1. The first kappa shape index (κ1) is 63.7. The van der Waals surface area contributed by atoms with Crippen LogP contribution in [0.5, 0.6) is 0 Å². The zero-order valence-corrected chi connectivity index (χ0v) is 44.6. The van der Waals surface area contributed by atoms with E-state index in [2.05, 4.69) is 43.5 Å². The van der Waals surface area contributed by atoms with Crippen LogP contribution in [0, 0.1) is 0 Å². The van der Waals surface area contributed by atoms with Gasteiger partial charge in [-0.3, -0.25) is 9.36 Å². The number of nitrogens with zero attached hydrogens (tertiary/aromatic N) is 1. The summed E-state index contributed by atoms with van der Waals surface area (Å²) >= 11 is 0. The van der Waals surface area contributed by atoms with Crippen molar-refractivity contribution in [1.29, 1.82) is 0 Å². The third-order valence-corrected chi connectivity index (χ3v) is 13.5. The molecular formula is C56H109N2O6P. The molecule has 2 N–H and O–H groups in total. The van der Waals surface area contributed by atoms with Crippen LogP contribution in [0.25, 0.3) is 0 Å². The molecular weight excluding hydrogens is 828 g/mol. The molecule has 9 heteroatoms. The minimum Gasteiger partial charge on any atom is -0.756 e. The Hall–Kier alpha value is -1.28. The van der Waals surface area contributed by atoms with Crippen LogP contribution >= 0.6 is 7.82 Å². The van der Waals surface area contributed by atoms with Crippen molar-refractivity contribution < 1.29 is 32.9 Å². The van der Waals surface area contributed by atoms with Crippen LogP contribution in [-0.2, 0) is 18.4 Å². The van der Waals surface area contributed by atoms with Crippen molar-refractivity contribution in [1.82, 2.24) is 5.32 Å². The Morgan fingerprint density at radius 2 is 0.862 bits per heavy atom. The number of aliphatic hydroxyl groups excluding tert-OH is 1. The largest absolute Gasteiger partial charge is 0.756 e. The lowest BCUT2D eigenvalue weighted by Gasteiger charge is -2.29. The molecule has 8 nitrogen and oxygen atoms in total. The Kier molecular flexibility index (Phi) is 46.8. The molecule has 3 unspecified atom stereocenters. The zero-order chi connectivity index (χ0) is 47.8. The Morgan fingerprint density at radius 1 is 0.523 bits per heavy atom. The van der Waals surface area contributed by atoms with Crippen LogP contribution < -0.4 is 10.2 Å². The highest BCUT2D eigenvalue weighted by molar-refractivity contribution is 7.45. The van der Waals surface area contributed by atoms with Gasteiger partial charge < -0.3 is 28.8 Å². The van der Waals surface area contributed by atoms with Gasteiger partial charge in [0, 0.05) is 6.42 Å². The summed E-state index contributed by atoms with van der Waals surface area (Å²) in [6.07, 6.45) is 60.8. The lowest BCUT2D eigenvalue weighted by Crippen LogP contribution is -2.45. The summed E-state index contributed by atoms with van der Waals surface area (Å²) in [7, 11) is 1.24. The normalized spacial score (nSPS) is 14.3. The summed E-state index contributed by atoms with van der Waals surface area (Å²) in [5.41, 5.74) is 0. The number of hydrogen-bond acceptors (Lipinski definition) is 6. The van der Waals surface area contributed by atoms with Gasteiger partial charge >= 0.3 is 0 Å². The highest BCUT2D eigenvalue weighted by atomic mass is 31.2. The molecule has 0 heterocycles. The number of nitrogens with one attached hydrogen (secondary N) is 1. The van der Waals surface area contributed by atoms with Gasteiger partial charge in [0.15, 0.2) is 0 Å². The van der Waals surface area contributed by atoms with Crippen LogP contribution in [0.3, 0.4) is 0 Å². The lowest BCUT2D eigenvalue weighted by atomic mass is 10.0. The van der Waals surface area contributed by atoms with Crippen molar-refractivity contribution in [3.05, 3.63) is 36.5 Å². The first-order valence-electron chi connectivity index (χ1n) is 27.9. The van der Waals surface area contributed by atoms with Gasteiger partial charge in [-0.2, -0.15) is 0 Å². The summed E-state index contributed by atoms with van der Waals surface area (Å²) in [6, 6.07) is -0.907. The smallest absolute Gasteiger partial charge is 0.268 e. The van der Waals surface area contributed by atoms with Crippen molar-refractivity contribution in [2.45, 2.75) is 276 Å². The molecule has 384 valence electrons. The van der Waals surface area contributed by atoms with Gasteiger partial charge in [-0.25, -0.2) is 0 Å². The molecule has 3 atom stereocenters. The number of hydrogen-bond donors (Lipinski definition) is 2. The molecule has 0 radical (unpaired) electrons. The fourth-order valence-corrected chi connectivity index (χ4v) is 8.91. The van der Waals surface area contributed by atoms with E-state index in [4.69, 9.17) is 9.05 Å². The highest BCUT2D eigenvalue weighted by Gasteiger charge is 2.23. The molecule has 0 aromatic rings. The first-order chi connectivity index (χ1) is 31.5. The molecule has 1 amide bonds. The topological polar surface area (TPSA) is 108 Å². The predicted molar refractivity (Wildman–Crippen MR) is 279 cm³/mol. The third kappa shape index (κ3) is 50.4. The second kappa shape index (κ2) is 47.8. The number of amides is 1. The van der Waals surface area contributed by atoms with Crippen molar-refractivity contribution >= 4 is 13.7 Å². The van der Waals surface area contributed by atoms with Crippen LogP contribution in [0.4, 0.5) is 0 Å². The number of carbonyl (C=O) groups is 1. The zero-order valence-electron chi connectivity index (χ0n) is 43.7. The van der Waals surface area contributed by atoms with Gasteiger partial charge in [0.2, 0.25) is 5.91 Å². The van der Waals surface area contributed by atoms with E-state index >= 15 is 0 Å². The van der Waals surface area contributed by atoms with Crippen molar-refractivity contribution in [3.8, 4) is 0 Å². The van der Waals surface area contributed by atoms with E-state index < -0.39 is 26.6 Å². The molecule has 0 aliphatic carbocycles. The number of carbonyl (C=O) groups excluding carboxylic acids is 1. The fraction of sp³-hybridized carbons (Fsp3) is 0.875. The minimum absolute atomic E-state index is 0.00748. The van der Waals surface area contributed by atoms with E-state index in [9.17, 15) is 19.4 Å². The molecule has 65 heavy (non-hydrogen) atoms. The van der Waals surface area contributed by atoms with Crippen molar-refractivity contribution in [2.24, 2.45) is 0 Å². The summed E-state index contributed by atoms with van der Waals surface area (Å²) in [5.74, 6) is -0.207. The highest BCUT2D eigenvalue weighted by Crippen LogP contribution is 2.38. The fourth-order valence-electron chi connectivity index (χ4n) is 8.19. The number of aliphatic hydroxyl groups is 1. The molecule has 0 aliphatic heterocycles. The molecule has 0 bridgehead atoms. The molecule has 0 spiro atoms. The number of unbranched alkanes of at least 4 members (excludes halogenated alkanes) is 34. The van der Waals surface area contributed by atoms with Crippen molar-refractivity contribution in [3.63, 3.8) is 0 Å². The van der Waals surface area contributed by atoms with Crippen LogP contribution in [0.1, 0.15) is 264 Å². The number of phosphoric acid groups is 1. The minimum atomic E-state index is -4.60. The predicted octanol–water partition coefficient (Wildman–Crippen LogP) is 16.0. The average molecular weight is 937 g/mol. The van der Waals surface area contributed by atoms with Crippen LogP contribution in [-0.4, -0.2) is 68.5 Å². The van der Waals surface area contributed by atoms with E-state index in [0.29, 0.717) is 17.4 Å². The Balaban J connectivity index is 4.24. The molecule has 0 aromatic carbocycles. The summed E-state index contributed by atoms with van der Waals surface area (Å²) in [5, 5.41) is 13.8. The maximum atomic E-state index is 12.9. The molecule has 0 saturated heterocycles. The van der Waals surface area contributed by atoms with Gasteiger partial charge in [-0.15, -0.1) is 0 Å². The van der Waals surface area contributed by atoms with Crippen molar-refractivity contribution in [2.75, 3.05) is 40.9 Å². The van der Waals surface area contributed by atoms with Crippen LogP contribution in [0.2, 0.25) is 0 Å². The van der Waals surface area contributed by atoms with E-state index in [1.165, 1.54) is 199 Å². The molecule has 0 aliphatic rings. The molecule has 0 fully saturated rings. The first-order valence-corrected chi connectivity index (χ1v) is 29.3. The van der Waals surface area contributed by atoms with Crippen LogP contribution in [0.15, 0.2) is 36.5 Å². The standard InChI is InChI=1S/C56H109N2O6P/c1-6-8-10-12-14-16-18-20-22-24-26-27-28-29-30-31-32-34-36-38-40-42-44-46-48-50-56(60)57-54(53-64-65(61,62)63-52-51-58(3,4)5)55(59)49-47-45-43-41-39-37-35-33-25-23-21-19-17-15-13-11-9-7-2/h25,33,39,41,47,49,54-55,59H,6-24,26-32,34-38,40,42-46,48,50-53H2,1-5H3,(H-,57,60,61,62)/b33-25+,41-39+,49-47+. The molecule has 0 rings (SSSR count). The Morgan fingerprint density at radius 3 is 1.25 bits per heavy atom. The molecule has 0 saturated carbocycles. The van der Waals surface area contributed by atoms with Gasteiger partial charge in [0.1, 0.15) is 13.2 Å². The van der Waals surface area contributed by atoms with Gasteiger partial charge in [0.05, 0.1) is 39.9 Å². The molecule has 0 aromatic heterocycles. The lowest BCUT2D eigenvalue weighted by molar-refractivity contribution is -0.870. The maximum Gasteiger partial charge on any atom is 0.268 e. The SMILES string of the molecule is CCCCCCCCCC/C=C/CC/C=C/CC/C=C/C(O)C(COP(=O)([O-])OCC[N+](C)(C)C)NC(=O)CCCCCCCCCCCCCCCCCCCCCCCCCCC. The monoisotopic (exact) mass is 937 g/mol. The van der Waals surface area contributed by atoms with E-state index in [-0.39, 0.29) is 12.5 Å². The van der Waals surface area contributed by atoms with Gasteiger partial charge in [-0.1, -0.05) is 249 Å². The summed E-state index contributed by atoms with van der Waals surface area (Å²) in [6.45, 7) is 4.65. The van der Waals surface area contributed by atoms with Gasteiger partial charge in [-0.05, 0) is 44.9 Å². The third-order valence-electron chi connectivity index (χ3n) is 12.6. The number of allylic oxidation sites excluding steroid dienone is 5. The Bertz CT molecular complexity index is 1150. The average Bonchev–Trinajstić information content (AvgIpc) is 3.26. The quantitative estimate of drug-likeness (QED) is 0.0272. The number of likely N-dealkylation sites (N-methyl/N-ethyl adjacent to an activating group) is 1. The summed E-state index contributed by atoms with van der Waals surface area (Å²) in [4.78, 5) is 25.5. The van der Waals surface area contributed by atoms with E-state index in [0.717, 1.165) is 44.9 Å². The number of rotatable bonds is 51. The Labute approximate surface area is 404 Å². The second-order valence-electron chi connectivity index (χ2n) is 20.3. The van der Waals surface area contributed by atoms with E-state index in [1.54, 1.807) is 6.08 Å². The van der Waals surface area contributed by atoms with E-state index in [1.807, 2.05) is 27.2 Å². The maximum absolute atomic E-state index is 12.9. The van der Waals surface area contributed by atoms with Gasteiger partial charge in [0.25, 0.3) is 7.82 Å².